The minimum Gasteiger partial charge on any atom is -0.481 e. The Morgan fingerprint density at radius 1 is 1.23 bits per heavy atom. The maximum absolute atomic E-state index is 11.7. The number of ether oxygens (including phenoxy) is 2. The summed E-state index contributed by atoms with van der Waals surface area (Å²) in [5.41, 5.74) is 1.05. The van der Waals surface area contributed by atoms with Gasteiger partial charge in [0.25, 0.3) is 0 Å². The van der Waals surface area contributed by atoms with Crippen molar-refractivity contribution in [2.75, 3.05) is 26.4 Å². The predicted octanol–water partition coefficient (Wildman–Crippen LogP) is 2.32. The largest absolute Gasteiger partial charge is 0.481 e. The molecule has 2 aliphatic heterocycles. The first-order valence-corrected chi connectivity index (χ1v) is 8.05. The number of likely N-dealkylation sites (tertiary alicyclic amines) is 1. The highest BCUT2D eigenvalue weighted by molar-refractivity contribution is 5.72. The Balaban J connectivity index is 1.54. The molecule has 0 amide bonds. The van der Waals surface area contributed by atoms with Gasteiger partial charge in [-0.25, -0.2) is 0 Å². The third-order valence-electron chi connectivity index (χ3n) is 5.28. The van der Waals surface area contributed by atoms with Crippen LogP contribution < -0.4 is 9.47 Å². The fourth-order valence-corrected chi connectivity index (χ4v) is 3.81. The molecule has 0 spiro atoms. The third-order valence-corrected chi connectivity index (χ3v) is 5.28. The van der Waals surface area contributed by atoms with Crippen molar-refractivity contribution in [3.8, 4) is 11.5 Å². The predicted molar refractivity (Wildman–Crippen MR) is 80.2 cm³/mol. The van der Waals surface area contributed by atoms with Crippen molar-refractivity contribution in [1.82, 2.24) is 4.90 Å². The average molecular weight is 303 g/mol. The van der Waals surface area contributed by atoms with Crippen LogP contribution >= 0.6 is 0 Å². The molecule has 0 unspecified atom stereocenters. The van der Waals surface area contributed by atoms with E-state index in [1.54, 1.807) is 0 Å². The molecule has 118 valence electrons. The number of carboxylic acids is 1. The van der Waals surface area contributed by atoms with Crippen molar-refractivity contribution in [2.24, 2.45) is 11.8 Å². The second kappa shape index (κ2) is 5.47. The first-order valence-electron chi connectivity index (χ1n) is 8.05. The molecule has 1 N–H and O–H groups in total. The monoisotopic (exact) mass is 303 g/mol. The molecular formula is C17H21NO4. The molecule has 0 aromatic heterocycles. The van der Waals surface area contributed by atoms with Gasteiger partial charge >= 0.3 is 5.97 Å². The SMILES string of the molecule is O=C(O)[C@@H]1CN(CC2CCC2)C[C@H]1c1ccc2c(c1)OCO2. The van der Waals surface area contributed by atoms with Gasteiger partial charge in [-0.1, -0.05) is 12.5 Å². The van der Waals surface area contributed by atoms with Gasteiger partial charge in [0, 0.05) is 25.6 Å². The zero-order valence-corrected chi connectivity index (χ0v) is 12.5. The molecule has 5 heteroatoms. The summed E-state index contributed by atoms with van der Waals surface area (Å²) < 4.78 is 10.8. The molecule has 0 radical (unpaired) electrons. The summed E-state index contributed by atoms with van der Waals surface area (Å²) in [6, 6.07) is 5.84. The molecule has 2 fully saturated rings. The van der Waals surface area contributed by atoms with Gasteiger partial charge in [-0.3, -0.25) is 4.79 Å². The van der Waals surface area contributed by atoms with E-state index in [2.05, 4.69) is 4.90 Å². The number of nitrogens with zero attached hydrogens (tertiary/aromatic N) is 1. The van der Waals surface area contributed by atoms with Crippen LogP contribution in [0.3, 0.4) is 0 Å². The van der Waals surface area contributed by atoms with Crippen LogP contribution in [0.5, 0.6) is 11.5 Å². The number of hydrogen-bond donors (Lipinski definition) is 1. The molecule has 22 heavy (non-hydrogen) atoms. The van der Waals surface area contributed by atoms with Gasteiger partial charge in [0.15, 0.2) is 11.5 Å². The van der Waals surface area contributed by atoms with Crippen LogP contribution in [-0.2, 0) is 4.79 Å². The highest BCUT2D eigenvalue weighted by Crippen LogP contribution is 2.40. The second-order valence-corrected chi connectivity index (χ2v) is 6.68. The van der Waals surface area contributed by atoms with Gasteiger partial charge in [-0.05, 0) is 36.5 Å². The Labute approximate surface area is 129 Å². The summed E-state index contributed by atoms with van der Waals surface area (Å²) in [4.78, 5) is 14.0. The Kier molecular flexibility index (Phi) is 3.45. The van der Waals surface area contributed by atoms with E-state index >= 15 is 0 Å². The van der Waals surface area contributed by atoms with Gasteiger partial charge < -0.3 is 19.5 Å². The van der Waals surface area contributed by atoms with Crippen LogP contribution in [0.25, 0.3) is 0 Å². The van der Waals surface area contributed by atoms with Gasteiger partial charge in [0.1, 0.15) is 0 Å². The molecule has 0 bridgehead atoms. The highest BCUT2D eigenvalue weighted by Gasteiger charge is 2.40. The number of aliphatic carboxylic acids is 1. The maximum Gasteiger partial charge on any atom is 0.308 e. The lowest BCUT2D eigenvalue weighted by atomic mass is 9.85. The van der Waals surface area contributed by atoms with Crippen molar-refractivity contribution in [2.45, 2.75) is 25.2 Å². The number of benzene rings is 1. The Morgan fingerprint density at radius 2 is 2.05 bits per heavy atom. The minimum atomic E-state index is -0.696. The van der Waals surface area contributed by atoms with Crippen LogP contribution in [0, 0.1) is 11.8 Å². The molecule has 1 aromatic rings. The Morgan fingerprint density at radius 3 is 2.77 bits per heavy atom. The zero-order valence-electron chi connectivity index (χ0n) is 12.5. The summed E-state index contributed by atoms with van der Waals surface area (Å²) in [7, 11) is 0. The van der Waals surface area contributed by atoms with E-state index in [0.29, 0.717) is 6.54 Å². The lowest BCUT2D eigenvalue weighted by molar-refractivity contribution is -0.141. The normalized spacial score (nSPS) is 27.8. The molecule has 1 aliphatic carbocycles. The van der Waals surface area contributed by atoms with Crippen LogP contribution in [0.4, 0.5) is 0 Å². The fourth-order valence-electron chi connectivity index (χ4n) is 3.81. The lowest BCUT2D eigenvalue weighted by Crippen LogP contribution is -2.31. The molecule has 1 saturated heterocycles. The van der Waals surface area contributed by atoms with Gasteiger partial charge in [0.05, 0.1) is 5.92 Å². The summed E-state index contributed by atoms with van der Waals surface area (Å²) in [6.07, 6.45) is 3.91. The molecule has 2 heterocycles. The molecule has 4 rings (SSSR count). The lowest BCUT2D eigenvalue weighted by Gasteiger charge is -2.30. The summed E-state index contributed by atoms with van der Waals surface area (Å²) in [6.45, 7) is 2.78. The van der Waals surface area contributed by atoms with Crippen molar-refractivity contribution >= 4 is 5.97 Å². The molecule has 5 nitrogen and oxygen atoms in total. The van der Waals surface area contributed by atoms with Crippen LogP contribution in [0.1, 0.15) is 30.7 Å². The van der Waals surface area contributed by atoms with Crippen LogP contribution in [-0.4, -0.2) is 42.4 Å². The molecule has 1 saturated carbocycles. The number of hydrogen-bond acceptors (Lipinski definition) is 4. The van der Waals surface area contributed by atoms with E-state index in [1.807, 2.05) is 18.2 Å². The minimum absolute atomic E-state index is 0.0343. The van der Waals surface area contributed by atoms with E-state index in [-0.39, 0.29) is 18.6 Å². The van der Waals surface area contributed by atoms with E-state index in [4.69, 9.17) is 9.47 Å². The van der Waals surface area contributed by atoms with Crippen molar-refractivity contribution in [3.05, 3.63) is 23.8 Å². The highest BCUT2D eigenvalue weighted by atomic mass is 16.7. The first-order chi connectivity index (χ1) is 10.7. The van der Waals surface area contributed by atoms with E-state index in [0.717, 1.165) is 36.1 Å². The summed E-state index contributed by atoms with van der Waals surface area (Å²) in [5.74, 6) is 1.26. The molecule has 1 aromatic carbocycles. The van der Waals surface area contributed by atoms with Crippen molar-refractivity contribution in [1.29, 1.82) is 0 Å². The van der Waals surface area contributed by atoms with Crippen molar-refractivity contribution < 1.29 is 19.4 Å². The van der Waals surface area contributed by atoms with Crippen molar-refractivity contribution in [3.63, 3.8) is 0 Å². The summed E-state index contributed by atoms with van der Waals surface area (Å²) >= 11 is 0. The van der Waals surface area contributed by atoms with E-state index < -0.39 is 5.97 Å². The summed E-state index contributed by atoms with van der Waals surface area (Å²) in [5, 5.41) is 9.58. The Hall–Kier alpha value is -1.75. The quantitative estimate of drug-likeness (QED) is 0.925. The molecule has 3 aliphatic rings. The first kappa shape index (κ1) is 13.9. The second-order valence-electron chi connectivity index (χ2n) is 6.68. The number of carboxylic acid groups (broad SMARTS) is 1. The number of rotatable bonds is 4. The third kappa shape index (κ3) is 2.43. The van der Waals surface area contributed by atoms with E-state index in [9.17, 15) is 9.90 Å². The van der Waals surface area contributed by atoms with Gasteiger partial charge in [-0.15, -0.1) is 0 Å². The standard InChI is InChI=1S/C17H21NO4/c19-17(20)14-9-18(7-11-2-1-3-11)8-13(14)12-4-5-15-16(6-12)22-10-21-15/h4-6,11,13-14H,1-3,7-10H2,(H,19,20)/t13-,14+/m0/s1. The maximum atomic E-state index is 11.7. The zero-order chi connectivity index (χ0) is 15.1. The van der Waals surface area contributed by atoms with Gasteiger partial charge in [0.2, 0.25) is 6.79 Å². The Bertz CT molecular complexity index is 584. The van der Waals surface area contributed by atoms with Crippen LogP contribution in [0.2, 0.25) is 0 Å². The molecular weight excluding hydrogens is 282 g/mol. The smallest absolute Gasteiger partial charge is 0.308 e. The van der Waals surface area contributed by atoms with E-state index in [1.165, 1.54) is 19.3 Å². The number of carbonyl (C=O) groups is 1. The number of fused-ring (bicyclic) bond motifs is 1. The fraction of sp³-hybridized carbons (Fsp3) is 0.588. The average Bonchev–Trinajstić information content (AvgIpc) is 3.08. The topological polar surface area (TPSA) is 59.0 Å². The molecule has 2 atom stereocenters. The van der Waals surface area contributed by atoms with Gasteiger partial charge in [-0.2, -0.15) is 0 Å². The van der Waals surface area contributed by atoms with Crippen LogP contribution in [0.15, 0.2) is 18.2 Å².